The molecule has 0 N–H and O–H groups in total. The Balaban J connectivity index is 3.60. The van der Waals surface area contributed by atoms with Gasteiger partial charge in [-0.2, -0.15) is 0 Å². The minimum atomic E-state index is -0.256. The molecule has 0 aliphatic rings. The Morgan fingerprint density at radius 2 is 2.44 bits per heavy atom. The van der Waals surface area contributed by atoms with E-state index < -0.39 is 0 Å². The average molecular weight is 126 g/mol. The van der Waals surface area contributed by atoms with E-state index in [4.69, 9.17) is 4.42 Å². The lowest BCUT2D eigenvalue weighted by Crippen LogP contribution is -2.18. The van der Waals surface area contributed by atoms with Crippen molar-refractivity contribution in [3.05, 3.63) is 23.0 Å². The molecule has 0 aromatic carbocycles. The highest BCUT2D eigenvalue weighted by Gasteiger charge is 1.88. The highest BCUT2D eigenvalue weighted by Crippen LogP contribution is 1.86. The molecule has 0 atom stereocenters. The van der Waals surface area contributed by atoms with Crippen LogP contribution in [0.3, 0.4) is 0 Å². The van der Waals surface area contributed by atoms with Crippen LogP contribution in [0.1, 0.15) is 6.92 Å². The summed E-state index contributed by atoms with van der Waals surface area (Å²) in [4.78, 5) is 0. The van der Waals surface area contributed by atoms with Crippen molar-refractivity contribution in [2.45, 2.75) is 6.92 Å². The van der Waals surface area contributed by atoms with Gasteiger partial charge in [0.2, 0.25) is 0 Å². The molecule has 0 unspecified atom stereocenters. The second-order valence-corrected chi connectivity index (χ2v) is 1.79. The SMILES string of the molecule is C=c1occ/c1=C(/C)F. The number of hydrogen-bond donors (Lipinski definition) is 0. The lowest BCUT2D eigenvalue weighted by atomic mass is 10.4. The standard InChI is InChI=1S/C7H7FO/c1-5(8)7-3-4-9-6(7)2/h3-4H,2H2,1H3/b7-5+. The van der Waals surface area contributed by atoms with E-state index in [1.807, 2.05) is 0 Å². The molecular formula is C7H7FO. The van der Waals surface area contributed by atoms with Crippen LogP contribution in [-0.4, -0.2) is 0 Å². The zero-order valence-electron chi connectivity index (χ0n) is 5.15. The molecule has 0 bridgehead atoms. The largest absolute Gasteiger partial charge is 0.465 e. The highest BCUT2D eigenvalue weighted by atomic mass is 19.1. The van der Waals surface area contributed by atoms with Gasteiger partial charge in [-0.1, -0.05) is 6.58 Å². The molecule has 0 amide bonds. The predicted molar refractivity (Wildman–Crippen MR) is 33.7 cm³/mol. The van der Waals surface area contributed by atoms with Crippen LogP contribution in [0.5, 0.6) is 0 Å². The molecule has 0 aliphatic heterocycles. The second-order valence-electron chi connectivity index (χ2n) is 1.79. The third kappa shape index (κ3) is 1.02. The first-order valence-electron chi connectivity index (χ1n) is 2.60. The quantitative estimate of drug-likeness (QED) is 0.501. The van der Waals surface area contributed by atoms with Gasteiger partial charge in [0.25, 0.3) is 0 Å². The van der Waals surface area contributed by atoms with Crippen LogP contribution in [0.4, 0.5) is 4.39 Å². The van der Waals surface area contributed by atoms with Crippen LogP contribution in [0, 0.1) is 0 Å². The molecule has 0 aliphatic carbocycles. The maximum atomic E-state index is 12.3. The summed E-state index contributed by atoms with van der Waals surface area (Å²) in [5.74, 6) is -0.256. The van der Waals surface area contributed by atoms with E-state index in [1.54, 1.807) is 6.07 Å². The Bertz CT molecular complexity index is 293. The first-order valence-corrected chi connectivity index (χ1v) is 2.60. The van der Waals surface area contributed by atoms with Gasteiger partial charge in [-0.05, 0) is 13.0 Å². The molecule has 0 fully saturated rings. The fourth-order valence-electron chi connectivity index (χ4n) is 0.648. The monoisotopic (exact) mass is 126 g/mol. The Labute approximate surface area is 52.1 Å². The van der Waals surface area contributed by atoms with E-state index in [9.17, 15) is 4.39 Å². The topological polar surface area (TPSA) is 13.1 Å². The van der Waals surface area contributed by atoms with Crippen LogP contribution in [-0.2, 0) is 0 Å². The second kappa shape index (κ2) is 2.05. The molecule has 1 heterocycles. The van der Waals surface area contributed by atoms with E-state index in [0.29, 0.717) is 10.6 Å². The van der Waals surface area contributed by atoms with Gasteiger partial charge in [0.15, 0.2) is 0 Å². The summed E-state index contributed by atoms with van der Waals surface area (Å²) in [5, 5.41) is 0.454. The Morgan fingerprint density at radius 3 is 2.67 bits per heavy atom. The lowest BCUT2D eigenvalue weighted by molar-refractivity contribution is 0.531. The average Bonchev–Trinajstić information content (AvgIpc) is 2.13. The first kappa shape index (κ1) is 6.08. The van der Waals surface area contributed by atoms with Crippen LogP contribution in [0.25, 0.3) is 12.4 Å². The molecule has 0 saturated carbocycles. The maximum absolute atomic E-state index is 12.3. The molecule has 1 aromatic heterocycles. The maximum Gasteiger partial charge on any atom is 0.129 e. The number of furan rings is 1. The van der Waals surface area contributed by atoms with Crippen LogP contribution in [0.2, 0.25) is 0 Å². The summed E-state index contributed by atoms with van der Waals surface area (Å²) in [6, 6.07) is 1.55. The molecule has 1 rings (SSSR count). The fraction of sp³-hybridized carbons (Fsp3) is 0.143. The van der Waals surface area contributed by atoms with Crippen molar-refractivity contribution < 1.29 is 8.81 Å². The summed E-state index contributed by atoms with van der Waals surface area (Å²) in [6.45, 7) is 4.85. The van der Waals surface area contributed by atoms with E-state index >= 15 is 0 Å². The van der Waals surface area contributed by atoms with E-state index in [2.05, 4.69) is 6.58 Å². The zero-order chi connectivity index (χ0) is 6.85. The minimum absolute atomic E-state index is 0.256. The van der Waals surface area contributed by atoms with E-state index in [-0.39, 0.29) is 5.83 Å². The highest BCUT2D eigenvalue weighted by molar-refractivity contribution is 5.30. The van der Waals surface area contributed by atoms with Crippen molar-refractivity contribution in [3.63, 3.8) is 0 Å². The van der Waals surface area contributed by atoms with Gasteiger partial charge in [0.1, 0.15) is 11.2 Å². The fourth-order valence-corrected chi connectivity index (χ4v) is 0.648. The third-order valence-corrected chi connectivity index (χ3v) is 1.12. The molecule has 9 heavy (non-hydrogen) atoms. The van der Waals surface area contributed by atoms with E-state index in [0.717, 1.165) is 0 Å². The van der Waals surface area contributed by atoms with Gasteiger partial charge in [-0.15, -0.1) is 0 Å². The zero-order valence-corrected chi connectivity index (χ0v) is 5.15. The Hall–Kier alpha value is -1.05. The molecule has 1 nitrogen and oxygen atoms in total. The van der Waals surface area contributed by atoms with Gasteiger partial charge in [-0.3, -0.25) is 0 Å². The smallest absolute Gasteiger partial charge is 0.129 e. The lowest BCUT2D eigenvalue weighted by Gasteiger charge is -1.75. The van der Waals surface area contributed by atoms with Crippen LogP contribution < -0.4 is 10.6 Å². The first-order chi connectivity index (χ1) is 4.22. The molecule has 1 aromatic rings. The van der Waals surface area contributed by atoms with E-state index in [1.165, 1.54) is 13.2 Å². The number of halogens is 1. The van der Waals surface area contributed by atoms with Crippen molar-refractivity contribution in [1.82, 2.24) is 0 Å². The minimum Gasteiger partial charge on any atom is -0.465 e. The van der Waals surface area contributed by atoms with Crippen molar-refractivity contribution in [1.29, 1.82) is 0 Å². The van der Waals surface area contributed by atoms with Crippen molar-refractivity contribution >= 4 is 12.4 Å². The summed E-state index contributed by atoms with van der Waals surface area (Å²) in [6.07, 6.45) is 1.42. The van der Waals surface area contributed by atoms with Crippen molar-refractivity contribution in [3.8, 4) is 0 Å². The van der Waals surface area contributed by atoms with Gasteiger partial charge in [-0.25, -0.2) is 4.39 Å². The number of hydrogen-bond acceptors (Lipinski definition) is 1. The van der Waals surface area contributed by atoms with Crippen LogP contribution >= 0.6 is 0 Å². The summed E-state index contributed by atoms with van der Waals surface area (Å²) < 4.78 is 17.1. The molecule has 0 saturated heterocycles. The molecule has 0 radical (unpaired) electrons. The number of rotatable bonds is 0. The predicted octanol–water partition coefficient (Wildman–Crippen LogP) is 0.788. The summed E-state index contributed by atoms with van der Waals surface area (Å²) >= 11 is 0. The van der Waals surface area contributed by atoms with Crippen molar-refractivity contribution in [2.75, 3.05) is 0 Å². The van der Waals surface area contributed by atoms with Crippen LogP contribution in [0.15, 0.2) is 16.7 Å². The summed E-state index contributed by atoms with van der Waals surface area (Å²) in [7, 11) is 0. The summed E-state index contributed by atoms with van der Waals surface area (Å²) in [5.41, 5.74) is 0.384. The van der Waals surface area contributed by atoms with Gasteiger partial charge >= 0.3 is 0 Å². The van der Waals surface area contributed by atoms with Gasteiger partial charge in [0, 0.05) is 0 Å². The van der Waals surface area contributed by atoms with Gasteiger partial charge in [0.05, 0.1) is 11.5 Å². The van der Waals surface area contributed by atoms with Gasteiger partial charge < -0.3 is 4.42 Å². The molecule has 48 valence electrons. The Kier molecular flexibility index (Phi) is 1.39. The molecule has 2 heteroatoms. The Morgan fingerprint density at radius 1 is 1.78 bits per heavy atom. The molecule has 0 spiro atoms. The molecular weight excluding hydrogens is 119 g/mol. The third-order valence-electron chi connectivity index (χ3n) is 1.12. The van der Waals surface area contributed by atoms with Crippen molar-refractivity contribution in [2.24, 2.45) is 0 Å². The normalized spacial score (nSPS) is 13.6.